The molecule has 0 nitrogen and oxygen atoms in total. The maximum absolute atomic E-state index is 14.2. The smallest absolute Gasteiger partial charge is 0.227 e. The van der Waals surface area contributed by atoms with Gasteiger partial charge >= 0.3 is 18.3 Å². The summed E-state index contributed by atoms with van der Waals surface area (Å²) in [4.78, 5) is 0. The van der Waals surface area contributed by atoms with Gasteiger partial charge in [0.15, 0.2) is 23.3 Å². The first-order valence-corrected chi connectivity index (χ1v) is 5.65. The highest BCUT2D eigenvalue weighted by atomic mass is 19.4. The molecule has 0 spiro atoms. The Morgan fingerprint density at radius 3 is 1.12 bits per heavy atom. The number of hydrogen-bond acceptors (Lipinski definition) is 0. The third-order valence-electron chi connectivity index (χ3n) is 3.61. The van der Waals surface area contributed by atoms with Crippen LogP contribution < -0.4 is 0 Å². The number of rotatable bonds is 1. The average Bonchev–Trinajstić information content (AvgIpc) is 2.44. The summed E-state index contributed by atoms with van der Waals surface area (Å²) in [7, 11) is 0. The minimum Gasteiger partial charge on any atom is -0.227 e. The van der Waals surface area contributed by atoms with Crippen LogP contribution in [0.2, 0.25) is 0 Å². The molecule has 0 saturated heterocycles. The number of alkyl halides is 10. The third-order valence-corrected chi connectivity index (χ3v) is 3.61. The van der Waals surface area contributed by atoms with Crippen molar-refractivity contribution in [3.8, 4) is 0 Å². The Morgan fingerprint density at radius 1 is 0.520 bits per heavy atom. The molecule has 14 heteroatoms. The van der Waals surface area contributed by atoms with E-state index in [0.717, 1.165) is 0 Å². The van der Waals surface area contributed by atoms with E-state index in [2.05, 4.69) is 0 Å². The molecule has 0 radical (unpaired) electrons. The number of halogens is 14. The highest BCUT2D eigenvalue weighted by molar-refractivity contribution is 5.56. The predicted molar refractivity (Wildman–Crippen MR) is 48.9 cm³/mol. The molecule has 25 heavy (non-hydrogen) atoms. The molecule has 2 atom stereocenters. The van der Waals surface area contributed by atoms with Crippen molar-refractivity contribution < 1.29 is 61.5 Å². The SMILES string of the molecule is Fc1c(F)c(F)c2c(c1F)[C@](F)(C(F)(F)F)[C@@]2(F)C(F)(F)C(F)(F)F. The fraction of sp³-hybridized carbons (Fsp3) is 0.455. The van der Waals surface area contributed by atoms with Crippen LogP contribution >= 0.6 is 0 Å². The Balaban J connectivity index is 3.05. The summed E-state index contributed by atoms with van der Waals surface area (Å²) >= 11 is 0. The van der Waals surface area contributed by atoms with Crippen molar-refractivity contribution in [1.29, 1.82) is 0 Å². The van der Waals surface area contributed by atoms with Crippen molar-refractivity contribution in [2.75, 3.05) is 0 Å². The first-order chi connectivity index (χ1) is 10.9. The topological polar surface area (TPSA) is 0 Å². The molecule has 0 bridgehead atoms. The molecule has 142 valence electrons. The maximum Gasteiger partial charge on any atom is 0.457 e. The lowest BCUT2D eigenvalue weighted by Gasteiger charge is -2.52. The summed E-state index contributed by atoms with van der Waals surface area (Å²) in [5.74, 6) is -20.3. The van der Waals surface area contributed by atoms with Crippen molar-refractivity contribution in [3.63, 3.8) is 0 Å². The summed E-state index contributed by atoms with van der Waals surface area (Å²) in [6, 6.07) is 0. The van der Waals surface area contributed by atoms with Crippen LogP contribution in [0.5, 0.6) is 0 Å². The molecule has 1 aromatic rings. The molecule has 1 aliphatic rings. The van der Waals surface area contributed by atoms with Crippen LogP contribution in [0, 0.1) is 23.3 Å². The Labute approximate surface area is 127 Å². The highest BCUT2D eigenvalue weighted by Gasteiger charge is 2.93. The average molecular weight is 398 g/mol. The lowest BCUT2D eigenvalue weighted by molar-refractivity contribution is -0.403. The van der Waals surface area contributed by atoms with Gasteiger partial charge in [0.25, 0.3) is 11.3 Å². The molecule has 0 unspecified atom stereocenters. The summed E-state index contributed by atoms with van der Waals surface area (Å²) < 4.78 is 182. The van der Waals surface area contributed by atoms with Gasteiger partial charge in [-0.1, -0.05) is 0 Å². The number of benzene rings is 1. The fourth-order valence-corrected chi connectivity index (χ4v) is 2.47. The predicted octanol–water partition coefficient (Wildman–Crippen LogP) is 5.35. The van der Waals surface area contributed by atoms with Gasteiger partial charge in [-0.2, -0.15) is 35.1 Å². The number of fused-ring (bicyclic) bond motifs is 1. The third kappa shape index (κ3) is 1.85. The fourth-order valence-electron chi connectivity index (χ4n) is 2.47. The van der Waals surface area contributed by atoms with E-state index in [9.17, 15) is 61.5 Å². The molecular weight excluding hydrogens is 398 g/mol. The summed E-state index contributed by atoms with van der Waals surface area (Å²) in [5.41, 5.74) is -19.5. The van der Waals surface area contributed by atoms with Crippen LogP contribution in [-0.4, -0.2) is 18.3 Å². The molecule has 1 aliphatic carbocycles. The van der Waals surface area contributed by atoms with Crippen molar-refractivity contribution in [2.45, 2.75) is 29.6 Å². The van der Waals surface area contributed by atoms with Gasteiger partial charge in [0.2, 0.25) is 0 Å². The van der Waals surface area contributed by atoms with Crippen molar-refractivity contribution >= 4 is 0 Å². The van der Waals surface area contributed by atoms with Gasteiger partial charge in [-0.25, -0.2) is 26.3 Å². The minimum atomic E-state index is -7.28. The molecule has 0 saturated carbocycles. The normalized spacial score (nSPS) is 27.1. The van der Waals surface area contributed by atoms with E-state index in [1.807, 2.05) is 0 Å². The minimum absolute atomic E-state index is 3.15. The van der Waals surface area contributed by atoms with E-state index < -0.39 is 64.0 Å². The van der Waals surface area contributed by atoms with Crippen LogP contribution in [0.3, 0.4) is 0 Å². The van der Waals surface area contributed by atoms with Gasteiger partial charge in [0.1, 0.15) is 0 Å². The molecule has 0 N–H and O–H groups in total. The lowest BCUT2D eigenvalue weighted by atomic mass is 9.59. The molecule has 0 aliphatic heterocycles. The number of hydrogen-bond donors (Lipinski definition) is 0. The second-order valence-corrected chi connectivity index (χ2v) is 4.89. The molecular formula is C11F14. The van der Waals surface area contributed by atoms with Gasteiger partial charge in [-0.05, 0) is 0 Å². The van der Waals surface area contributed by atoms with Crippen molar-refractivity contribution in [3.05, 3.63) is 34.4 Å². The van der Waals surface area contributed by atoms with Gasteiger partial charge in [-0.15, -0.1) is 0 Å². The first kappa shape index (κ1) is 19.6. The van der Waals surface area contributed by atoms with Gasteiger partial charge in [0, 0.05) is 5.56 Å². The van der Waals surface area contributed by atoms with Crippen LogP contribution in [0.1, 0.15) is 11.1 Å². The Kier molecular flexibility index (Phi) is 3.67. The van der Waals surface area contributed by atoms with Crippen LogP contribution in [0.4, 0.5) is 61.5 Å². The summed E-state index contributed by atoms with van der Waals surface area (Å²) in [6.45, 7) is 0. The van der Waals surface area contributed by atoms with E-state index in [1.54, 1.807) is 0 Å². The van der Waals surface area contributed by atoms with Crippen LogP contribution in [-0.2, 0) is 11.3 Å². The second-order valence-electron chi connectivity index (χ2n) is 4.89. The standard InChI is InChI=1S/C11F14/c12-3-1-2(4(13)6(15)5(3)14)8(17,10(20,21)22)7(1,16)9(18,19)11(23,24)25/t7-,8-/m1/s1. The van der Waals surface area contributed by atoms with Crippen molar-refractivity contribution in [2.24, 2.45) is 0 Å². The monoisotopic (exact) mass is 398 g/mol. The van der Waals surface area contributed by atoms with Gasteiger partial charge < -0.3 is 0 Å². The lowest BCUT2D eigenvalue weighted by Crippen LogP contribution is -2.72. The maximum atomic E-state index is 14.2. The Bertz CT molecular complexity index is 743. The zero-order valence-corrected chi connectivity index (χ0v) is 10.8. The van der Waals surface area contributed by atoms with E-state index in [-0.39, 0.29) is 0 Å². The summed E-state index contributed by atoms with van der Waals surface area (Å²) in [5, 5.41) is 0. The quantitative estimate of drug-likeness (QED) is 0.340. The second kappa shape index (κ2) is 4.69. The highest BCUT2D eigenvalue weighted by Crippen LogP contribution is 2.73. The first-order valence-electron chi connectivity index (χ1n) is 5.65. The zero-order chi connectivity index (χ0) is 20.0. The van der Waals surface area contributed by atoms with E-state index >= 15 is 0 Å². The largest absolute Gasteiger partial charge is 0.457 e. The van der Waals surface area contributed by atoms with Gasteiger partial charge in [0.05, 0.1) is 5.56 Å². The van der Waals surface area contributed by atoms with E-state index in [1.165, 1.54) is 0 Å². The zero-order valence-electron chi connectivity index (χ0n) is 10.8. The van der Waals surface area contributed by atoms with Gasteiger partial charge in [-0.3, -0.25) is 0 Å². The molecule has 0 heterocycles. The molecule has 0 aromatic heterocycles. The Morgan fingerprint density at radius 2 is 0.840 bits per heavy atom. The Hall–Kier alpha value is -1.76. The van der Waals surface area contributed by atoms with Crippen molar-refractivity contribution in [1.82, 2.24) is 0 Å². The van der Waals surface area contributed by atoms with E-state index in [0.29, 0.717) is 0 Å². The molecule has 0 fully saturated rings. The van der Waals surface area contributed by atoms with Crippen LogP contribution in [0.15, 0.2) is 0 Å². The molecule has 0 amide bonds. The molecule has 2 rings (SSSR count). The summed E-state index contributed by atoms with van der Waals surface area (Å²) in [6.07, 6.45) is -14.2. The molecule has 1 aromatic carbocycles. The van der Waals surface area contributed by atoms with Crippen LogP contribution in [0.25, 0.3) is 0 Å². The van der Waals surface area contributed by atoms with E-state index in [4.69, 9.17) is 0 Å².